The fourth-order valence-corrected chi connectivity index (χ4v) is 6.55. The van der Waals surface area contributed by atoms with E-state index in [0.29, 0.717) is 11.1 Å². The number of nitro groups is 1. The molecule has 4 heterocycles. The first-order chi connectivity index (χ1) is 16.7. The van der Waals surface area contributed by atoms with Crippen molar-refractivity contribution in [1.82, 2.24) is 14.3 Å². The molecule has 2 aliphatic rings. The van der Waals surface area contributed by atoms with Gasteiger partial charge in [0.05, 0.1) is 34.1 Å². The molecule has 4 atom stereocenters. The molecule has 1 aromatic carbocycles. The number of non-ortho nitro benzene ring substituents is 1. The molecule has 2 aromatic heterocycles. The zero-order chi connectivity index (χ0) is 25.0. The van der Waals surface area contributed by atoms with Gasteiger partial charge >= 0.3 is 5.97 Å². The highest BCUT2D eigenvalue weighted by Crippen LogP contribution is 2.51. The molecule has 0 saturated carbocycles. The molecule has 0 spiro atoms. The number of benzene rings is 1. The van der Waals surface area contributed by atoms with Crippen LogP contribution in [-0.4, -0.2) is 54.6 Å². The number of carbonyl (C=O) groups excluding carboxylic acids is 2. The van der Waals surface area contributed by atoms with Crippen molar-refractivity contribution in [3.63, 3.8) is 0 Å². The Kier molecular flexibility index (Phi) is 5.90. The van der Waals surface area contributed by atoms with E-state index >= 15 is 0 Å². The highest BCUT2D eigenvalue weighted by molar-refractivity contribution is 7.98. The molecule has 10 nitrogen and oxygen atoms in total. The van der Waals surface area contributed by atoms with Crippen molar-refractivity contribution in [2.45, 2.75) is 37.8 Å². The van der Waals surface area contributed by atoms with Gasteiger partial charge < -0.3 is 14.7 Å². The first-order valence-electron chi connectivity index (χ1n) is 10.9. The molecule has 1 fully saturated rings. The van der Waals surface area contributed by atoms with Crippen LogP contribution in [0.1, 0.15) is 24.3 Å². The average Bonchev–Trinajstić information content (AvgIpc) is 3.47. The van der Waals surface area contributed by atoms with E-state index in [1.807, 2.05) is 23.8 Å². The largest absolute Gasteiger partial charge is 0.456 e. The lowest BCUT2D eigenvalue weighted by Gasteiger charge is -2.46. The van der Waals surface area contributed by atoms with Gasteiger partial charge in [0, 0.05) is 29.8 Å². The monoisotopic (exact) mass is 514 g/mol. The third-order valence-electron chi connectivity index (χ3n) is 6.52. The summed E-state index contributed by atoms with van der Waals surface area (Å²) in [5.41, 5.74) is 1.43. The average molecular weight is 515 g/mol. The molecule has 1 N–H and O–H groups in total. The maximum Gasteiger partial charge on any atom is 0.355 e. The van der Waals surface area contributed by atoms with Crippen LogP contribution >= 0.6 is 23.1 Å². The first kappa shape index (κ1) is 23.5. The van der Waals surface area contributed by atoms with Gasteiger partial charge in [-0.25, -0.2) is 9.78 Å². The van der Waals surface area contributed by atoms with E-state index in [4.69, 9.17) is 4.74 Å². The minimum absolute atomic E-state index is 0.0546. The maximum atomic E-state index is 13.3. The summed E-state index contributed by atoms with van der Waals surface area (Å²) in [6, 6.07) is 5.41. The summed E-state index contributed by atoms with van der Waals surface area (Å²) < 4.78 is 7.52. The van der Waals surface area contributed by atoms with Gasteiger partial charge in [-0.15, -0.1) is 11.3 Å². The summed E-state index contributed by atoms with van der Waals surface area (Å²) in [5, 5.41) is 21.9. The number of amides is 1. The van der Waals surface area contributed by atoms with E-state index in [1.165, 1.54) is 52.3 Å². The zero-order valence-corrected chi connectivity index (χ0v) is 20.7. The SMILES string of the molecule is CSc1ncc2sc(C3=C(C(=O)OCc4ccc([N+](=O)[O-])cc4)N4C(=O)[C@H]([C@@H](C)O)[C@H]4[C@H]3C)cn12. The van der Waals surface area contributed by atoms with Crippen LogP contribution in [0.15, 0.2) is 47.5 Å². The molecule has 0 radical (unpaired) electrons. The number of carbonyl (C=O) groups is 2. The molecular weight excluding hydrogens is 492 g/mol. The van der Waals surface area contributed by atoms with E-state index in [0.717, 1.165) is 14.9 Å². The Labute approximate surface area is 208 Å². The van der Waals surface area contributed by atoms with E-state index in [-0.39, 0.29) is 35.9 Å². The normalized spacial score (nSPS) is 22.3. The second kappa shape index (κ2) is 8.77. The lowest BCUT2D eigenvalue weighted by Crippen LogP contribution is -2.63. The molecule has 35 heavy (non-hydrogen) atoms. The Morgan fingerprint density at radius 3 is 2.71 bits per heavy atom. The Morgan fingerprint density at radius 1 is 1.37 bits per heavy atom. The number of esters is 1. The number of fused-ring (bicyclic) bond motifs is 2. The van der Waals surface area contributed by atoms with Gasteiger partial charge in [-0.1, -0.05) is 18.7 Å². The highest BCUT2D eigenvalue weighted by Gasteiger charge is 2.60. The van der Waals surface area contributed by atoms with Crippen LogP contribution in [0.4, 0.5) is 5.69 Å². The highest BCUT2D eigenvalue weighted by atomic mass is 32.2. The van der Waals surface area contributed by atoms with Gasteiger partial charge in [-0.3, -0.25) is 19.3 Å². The number of nitro benzene ring substituents is 1. The Hall–Kier alpha value is -3.22. The third kappa shape index (κ3) is 3.72. The third-order valence-corrected chi connectivity index (χ3v) is 8.24. The van der Waals surface area contributed by atoms with E-state index in [2.05, 4.69) is 4.98 Å². The number of ether oxygens (including phenoxy) is 1. The fraction of sp³-hybridized carbons (Fsp3) is 0.348. The van der Waals surface area contributed by atoms with Crippen molar-refractivity contribution < 1.29 is 24.4 Å². The van der Waals surface area contributed by atoms with Gasteiger partial charge in [-0.05, 0) is 30.9 Å². The summed E-state index contributed by atoms with van der Waals surface area (Å²) in [6.07, 6.45) is 4.78. The molecule has 1 saturated heterocycles. The molecule has 12 heteroatoms. The molecule has 3 aromatic rings. The molecule has 2 aliphatic heterocycles. The van der Waals surface area contributed by atoms with Crippen LogP contribution in [0.5, 0.6) is 0 Å². The summed E-state index contributed by atoms with van der Waals surface area (Å²) in [4.78, 5) is 44.3. The van der Waals surface area contributed by atoms with Crippen molar-refractivity contribution in [1.29, 1.82) is 0 Å². The maximum absolute atomic E-state index is 13.3. The van der Waals surface area contributed by atoms with Crippen LogP contribution in [0, 0.1) is 22.0 Å². The number of aliphatic hydroxyl groups excluding tert-OH is 1. The Morgan fingerprint density at radius 2 is 2.09 bits per heavy atom. The number of thioether (sulfide) groups is 1. The smallest absolute Gasteiger partial charge is 0.355 e. The quantitative estimate of drug-likeness (QED) is 0.167. The predicted molar refractivity (Wildman–Crippen MR) is 130 cm³/mol. The van der Waals surface area contributed by atoms with Crippen LogP contribution in [0.25, 0.3) is 10.4 Å². The van der Waals surface area contributed by atoms with E-state index in [1.54, 1.807) is 13.1 Å². The molecule has 0 bridgehead atoms. The fourth-order valence-electron chi connectivity index (χ4n) is 4.87. The summed E-state index contributed by atoms with van der Waals surface area (Å²) in [5.74, 6) is -1.73. The predicted octanol–water partition coefficient (Wildman–Crippen LogP) is 3.34. The van der Waals surface area contributed by atoms with Crippen LogP contribution in [-0.2, 0) is 20.9 Å². The topological polar surface area (TPSA) is 127 Å². The standard InChI is InChI=1S/C23H22N4O6S2/c1-11-17(15-9-25-16(35-15)8-24-23(25)34-3)20(26-19(11)18(12(2)28)21(26)29)22(30)33-10-13-4-6-14(7-5-13)27(31)32/h4-9,11-12,18-19,28H,10H2,1-3H3/t11-,12+,18+,19+/m0/s1. The van der Waals surface area contributed by atoms with Crippen molar-refractivity contribution in [3.05, 3.63) is 62.9 Å². The summed E-state index contributed by atoms with van der Waals surface area (Å²) in [7, 11) is 0. The number of aliphatic hydroxyl groups is 1. The van der Waals surface area contributed by atoms with Crippen LogP contribution in [0.3, 0.4) is 0 Å². The molecular formula is C23H22N4O6S2. The molecule has 0 unspecified atom stereocenters. The van der Waals surface area contributed by atoms with Crippen LogP contribution in [0.2, 0.25) is 0 Å². The second-order valence-corrected chi connectivity index (χ2v) is 10.4. The van der Waals surface area contributed by atoms with Crippen molar-refractivity contribution >= 4 is 51.1 Å². The first-order valence-corrected chi connectivity index (χ1v) is 12.9. The lowest BCUT2D eigenvalue weighted by molar-refractivity contribution is -0.384. The summed E-state index contributed by atoms with van der Waals surface area (Å²) >= 11 is 2.98. The minimum Gasteiger partial charge on any atom is -0.456 e. The number of thiazole rings is 1. The van der Waals surface area contributed by atoms with Gasteiger partial charge in [-0.2, -0.15) is 0 Å². The number of hydrogen-bond acceptors (Lipinski definition) is 9. The number of hydrogen-bond donors (Lipinski definition) is 1. The van der Waals surface area contributed by atoms with Gasteiger partial charge in [0.1, 0.15) is 17.1 Å². The lowest BCUT2D eigenvalue weighted by atomic mass is 9.77. The number of β-lactam (4-membered cyclic amide) rings is 1. The van der Waals surface area contributed by atoms with Gasteiger partial charge in [0.15, 0.2) is 5.16 Å². The zero-order valence-electron chi connectivity index (χ0n) is 19.1. The number of nitrogens with zero attached hydrogens (tertiary/aromatic N) is 4. The van der Waals surface area contributed by atoms with Gasteiger partial charge in [0.2, 0.25) is 5.91 Å². The van der Waals surface area contributed by atoms with Crippen LogP contribution < -0.4 is 0 Å². The van der Waals surface area contributed by atoms with E-state index < -0.39 is 22.9 Å². The second-order valence-electron chi connectivity index (χ2n) is 8.56. The minimum atomic E-state index is -0.839. The van der Waals surface area contributed by atoms with E-state index in [9.17, 15) is 24.8 Å². The number of imidazole rings is 1. The molecule has 1 amide bonds. The Balaban J connectivity index is 1.49. The Bertz CT molecular complexity index is 1380. The number of rotatable bonds is 7. The van der Waals surface area contributed by atoms with Crippen molar-refractivity contribution in [3.8, 4) is 0 Å². The van der Waals surface area contributed by atoms with Crippen molar-refractivity contribution in [2.24, 2.45) is 11.8 Å². The number of aromatic nitrogens is 2. The summed E-state index contributed by atoms with van der Waals surface area (Å²) in [6.45, 7) is 3.44. The van der Waals surface area contributed by atoms with Crippen molar-refractivity contribution in [2.75, 3.05) is 6.26 Å². The molecule has 5 rings (SSSR count). The molecule has 182 valence electrons. The van der Waals surface area contributed by atoms with Gasteiger partial charge in [0.25, 0.3) is 5.69 Å². The molecule has 0 aliphatic carbocycles.